The lowest BCUT2D eigenvalue weighted by Gasteiger charge is -2.28. The van der Waals surface area contributed by atoms with Crippen molar-refractivity contribution in [3.8, 4) is 0 Å². The molecule has 0 saturated carbocycles. The largest absolute Gasteiger partial charge is 0.243 e. The van der Waals surface area contributed by atoms with Crippen LogP contribution in [0.25, 0.3) is 0 Å². The molecule has 0 aliphatic carbocycles. The van der Waals surface area contributed by atoms with E-state index in [9.17, 15) is 8.42 Å². The first-order chi connectivity index (χ1) is 9.61. The molecule has 1 rings (SSSR count). The maximum Gasteiger partial charge on any atom is 0.243 e. The van der Waals surface area contributed by atoms with Crippen LogP contribution in [0.5, 0.6) is 0 Å². The molecule has 0 aliphatic rings. The Morgan fingerprint density at radius 2 is 1.81 bits per heavy atom. The number of alkyl halides is 1. The lowest BCUT2D eigenvalue weighted by molar-refractivity contribution is 0.318. The van der Waals surface area contributed by atoms with E-state index in [0.29, 0.717) is 11.4 Å². The molecule has 1 aromatic carbocycles. The SMILES string of the molecule is Cc1c(Br)cc(CCl)cc1S(=O)(=O)N(CC(C)C)C(C)C. The van der Waals surface area contributed by atoms with Crippen LogP contribution < -0.4 is 0 Å². The van der Waals surface area contributed by atoms with Gasteiger partial charge in [-0.05, 0) is 49.9 Å². The second-order valence-corrected chi connectivity index (χ2v) is 8.88. The van der Waals surface area contributed by atoms with E-state index in [2.05, 4.69) is 15.9 Å². The average molecular weight is 397 g/mol. The van der Waals surface area contributed by atoms with Gasteiger partial charge in [0.2, 0.25) is 10.0 Å². The fraction of sp³-hybridized carbons (Fsp3) is 0.600. The molecule has 120 valence electrons. The summed E-state index contributed by atoms with van der Waals surface area (Å²) < 4.78 is 28.4. The van der Waals surface area contributed by atoms with Gasteiger partial charge in [0.1, 0.15) is 0 Å². The summed E-state index contributed by atoms with van der Waals surface area (Å²) in [5.41, 5.74) is 1.51. The molecule has 0 bridgehead atoms. The number of benzene rings is 1. The van der Waals surface area contributed by atoms with E-state index in [1.807, 2.05) is 40.7 Å². The van der Waals surface area contributed by atoms with Crippen molar-refractivity contribution in [2.75, 3.05) is 6.54 Å². The standard InChI is InChI=1S/C15H23BrClNO2S/c1-10(2)9-18(11(3)4)21(19,20)15-7-13(8-17)6-14(16)12(15)5/h6-7,10-11H,8-9H2,1-5H3. The monoisotopic (exact) mass is 395 g/mol. The molecule has 3 nitrogen and oxygen atoms in total. The summed E-state index contributed by atoms with van der Waals surface area (Å²) in [7, 11) is -3.54. The van der Waals surface area contributed by atoms with E-state index in [-0.39, 0.29) is 17.8 Å². The molecule has 0 N–H and O–H groups in total. The summed E-state index contributed by atoms with van der Waals surface area (Å²) in [6.07, 6.45) is 0. The van der Waals surface area contributed by atoms with Gasteiger partial charge in [-0.15, -0.1) is 11.6 Å². The van der Waals surface area contributed by atoms with Crippen LogP contribution in [0.3, 0.4) is 0 Å². The second kappa shape index (κ2) is 7.44. The topological polar surface area (TPSA) is 37.4 Å². The minimum Gasteiger partial charge on any atom is -0.207 e. The highest BCUT2D eigenvalue weighted by Gasteiger charge is 2.29. The van der Waals surface area contributed by atoms with Crippen LogP contribution in [0.4, 0.5) is 0 Å². The quantitative estimate of drug-likeness (QED) is 0.661. The van der Waals surface area contributed by atoms with E-state index >= 15 is 0 Å². The smallest absolute Gasteiger partial charge is 0.207 e. The maximum atomic E-state index is 13.0. The molecule has 0 fully saturated rings. The molecular formula is C15H23BrClNO2S. The van der Waals surface area contributed by atoms with Gasteiger partial charge in [0.15, 0.2) is 0 Å². The summed E-state index contributed by atoms with van der Waals surface area (Å²) in [6.45, 7) is 10.1. The van der Waals surface area contributed by atoms with Gasteiger partial charge >= 0.3 is 0 Å². The summed E-state index contributed by atoms with van der Waals surface area (Å²) in [4.78, 5) is 0.335. The Bertz CT molecular complexity index is 600. The number of nitrogens with zero attached hydrogens (tertiary/aromatic N) is 1. The molecule has 0 amide bonds. The second-order valence-electron chi connectivity index (χ2n) is 5.90. The Kier molecular flexibility index (Phi) is 6.72. The minimum atomic E-state index is -3.54. The van der Waals surface area contributed by atoms with Crippen molar-refractivity contribution in [1.29, 1.82) is 0 Å². The summed E-state index contributed by atoms with van der Waals surface area (Å²) in [5, 5.41) is 0. The molecular weight excluding hydrogens is 374 g/mol. The van der Waals surface area contributed by atoms with Crippen LogP contribution in [0.2, 0.25) is 0 Å². The Balaban J connectivity index is 3.44. The van der Waals surface area contributed by atoms with E-state index in [1.54, 1.807) is 10.4 Å². The summed E-state index contributed by atoms with van der Waals surface area (Å²) >= 11 is 9.30. The van der Waals surface area contributed by atoms with Gasteiger partial charge in [-0.1, -0.05) is 29.8 Å². The predicted octanol–water partition coefficient (Wildman–Crippen LogP) is 4.55. The first-order valence-electron chi connectivity index (χ1n) is 6.98. The molecule has 0 atom stereocenters. The van der Waals surface area contributed by atoms with E-state index in [1.165, 1.54) is 0 Å². The number of sulfonamides is 1. The van der Waals surface area contributed by atoms with E-state index < -0.39 is 10.0 Å². The molecule has 0 spiro atoms. The van der Waals surface area contributed by atoms with Crippen LogP contribution in [0.1, 0.15) is 38.8 Å². The van der Waals surface area contributed by atoms with Gasteiger partial charge in [-0.25, -0.2) is 8.42 Å². The number of halogens is 2. The summed E-state index contributed by atoms with van der Waals surface area (Å²) in [5.74, 6) is 0.551. The third-order valence-electron chi connectivity index (χ3n) is 3.22. The van der Waals surface area contributed by atoms with Crippen molar-refractivity contribution >= 4 is 37.6 Å². The Morgan fingerprint density at radius 1 is 1.24 bits per heavy atom. The molecule has 6 heteroatoms. The van der Waals surface area contributed by atoms with Crippen molar-refractivity contribution in [3.05, 3.63) is 27.7 Å². The normalized spacial score (nSPS) is 12.7. The first kappa shape index (κ1) is 18.9. The van der Waals surface area contributed by atoms with Crippen molar-refractivity contribution in [2.24, 2.45) is 5.92 Å². The predicted molar refractivity (Wildman–Crippen MR) is 92.3 cm³/mol. The zero-order valence-corrected chi connectivity index (χ0v) is 16.3. The highest BCUT2D eigenvalue weighted by molar-refractivity contribution is 9.10. The van der Waals surface area contributed by atoms with E-state index in [4.69, 9.17) is 11.6 Å². The Morgan fingerprint density at radius 3 is 2.24 bits per heavy atom. The number of rotatable bonds is 6. The summed E-state index contributed by atoms with van der Waals surface area (Å²) in [6, 6.07) is 3.46. The van der Waals surface area contributed by atoms with Crippen molar-refractivity contribution in [3.63, 3.8) is 0 Å². The van der Waals surface area contributed by atoms with Crippen LogP contribution in [-0.4, -0.2) is 25.3 Å². The van der Waals surface area contributed by atoms with Gasteiger partial charge in [0.25, 0.3) is 0 Å². The number of hydrogen-bond donors (Lipinski definition) is 0. The van der Waals surface area contributed by atoms with Crippen molar-refractivity contribution < 1.29 is 8.42 Å². The highest BCUT2D eigenvalue weighted by Crippen LogP contribution is 2.30. The molecule has 0 unspecified atom stereocenters. The Labute approximate surface area is 141 Å². The third-order valence-corrected chi connectivity index (χ3v) is 6.52. The molecule has 0 aliphatic heterocycles. The molecule has 0 radical (unpaired) electrons. The highest BCUT2D eigenvalue weighted by atomic mass is 79.9. The van der Waals surface area contributed by atoms with Crippen molar-refractivity contribution in [1.82, 2.24) is 4.31 Å². The van der Waals surface area contributed by atoms with Crippen LogP contribution >= 0.6 is 27.5 Å². The maximum absolute atomic E-state index is 13.0. The van der Waals surface area contributed by atoms with E-state index in [0.717, 1.165) is 15.6 Å². The third kappa shape index (κ3) is 4.44. The Hall–Kier alpha value is -0.100. The molecule has 0 heterocycles. The van der Waals surface area contributed by atoms with Gasteiger partial charge < -0.3 is 0 Å². The molecule has 0 aromatic heterocycles. The van der Waals surface area contributed by atoms with Gasteiger partial charge in [0, 0.05) is 22.9 Å². The average Bonchev–Trinajstić information content (AvgIpc) is 2.38. The fourth-order valence-corrected chi connectivity index (χ4v) is 5.02. The van der Waals surface area contributed by atoms with Gasteiger partial charge in [0.05, 0.1) is 4.90 Å². The zero-order chi connectivity index (χ0) is 16.4. The number of hydrogen-bond acceptors (Lipinski definition) is 2. The van der Waals surface area contributed by atoms with Crippen LogP contribution in [0.15, 0.2) is 21.5 Å². The zero-order valence-electron chi connectivity index (χ0n) is 13.2. The van der Waals surface area contributed by atoms with Crippen LogP contribution in [0, 0.1) is 12.8 Å². The van der Waals surface area contributed by atoms with Gasteiger partial charge in [-0.2, -0.15) is 4.31 Å². The molecule has 21 heavy (non-hydrogen) atoms. The molecule has 0 saturated heterocycles. The minimum absolute atomic E-state index is 0.0877. The lowest BCUT2D eigenvalue weighted by atomic mass is 10.2. The first-order valence-corrected chi connectivity index (χ1v) is 9.74. The molecule has 1 aromatic rings. The fourth-order valence-electron chi connectivity index (χ4n) is 2.12. The lowest BCUT2D eigenvalue weighted by Crippen LogP contribution is -2.39. The van der Waals surface area contributed by atoms with Crippen molar-refractivity contribution in [2.45, 2.75) is 51.4 Å². The van der Waals surface area contributed by atoms with Gasteiger partial charge in [-0.3, -0.25) is 0 Å². The van der Waals surface area contributed by atoms with Crippen LogP contribution in [-0.2, 0) is 15.9 Å².